The van der Waals surface area contributed by atoms with Gasteiger partial charge < -0.3 is 16.0 Å². The Labute approximate surface area is 108 Å². The molecule has 0 aliphatic heterocycles. The van der Waals surface area contributed by atoms with E-state index in [1.54, 1.807) is 12.1 Å². The standard InChI is InChI=1S/C14H21N3O/c1-2-9-17(10-11-3-4-11)14(18)16-13-7-5-12(15)6-8-13/h5-8,11H,2-4,9-10,15H2,1H3,(H,16,18). The SMILES string of the molecule is CCCN(CC1CC1)C(=O)Nc1ccc(N)cc1. The first-order valence-corrected chi connectivity index (χ1v) is 6.60. The van der Waals surface area contributed by atoms with E-state index in [1.165, 1.54) is 12.8 Å². The molecule has 2 amide bonds. The van der Waals surface area contributed by atoms with Gasteiger partial charge in [0.2, 0.25) is 0 Å². The van der Waals surface area contributed by atoms with Crippen LogP contribution in [0.4, 0.5) is 16.2 Å². The van der Waals surface area contributed by atoms with Gasteiger partial charge in [0, 0.05) is 24.5 Å². The van der Waals surface area contributed by atoms with Crippen LogP contribution < -0.4 is 11.1 Å². The highest BCUT2D eigenvalue weighted by Gasteiger charge is 2.26. The molecule has 2 rings (SSSR count). The Bertz CT molecular complexity index is 398. The first-order chi connectivity index (χ1) is 8.69. The van der Waals surface area contributed by atoms with E-state index >= 15 is 0 Å². The molecule has 0 heterocycles. The molecule has 1 saturated carbocycles. The van der Waals surface area contributed by atoms with Crippen LogP contribution in [0.3, 0.4) is 0 Å². The maximum Gasteiger partial charge on any atom is 0.321 e. The Morgan fingerprint density at radius 1 is 1.39 bits per heavy atom. The summed E-state index contributed by atoms with van der Waals surface area (Å²) >= 11 is 0. The summed E-state index contributed by atoms with van der Waals surface area (Å²) in [4.78, 5) is 14.0. The van der Waals surface area contributed by atoms with E-state index in [1.807, 2.05) is 17.0 Å². The van der Waals surface area contributed by atoms with Crippen LogP contribution in [0.1, 0.15) is 26.2 Å². The van der Waals surface area contributed by atoms with Gasteiger partial charge in [0.25, 0.3) is 0 Å². The molecule has 0 unspecified atom stereocenters. The Balaban J connectivity index is 1.92. The number of carbonyl (C=O) groups excluding carboxylic acids is 1. The van der Waals surface area contributed by atoms with Crippen molar-refractivity contribution in [1.29, 1.82) is 0 Å². The molecule has 0 aromatic heterocycles. The molecule has 98 valence electrons. The minimum atomic E-state index is -0.00600. The summed E-state index contributed by atoms with van der Waals surface area (Å²) in [7, 11) is 0. The second kappa shape index (κ2) is 5.76. The van der Waals surface area contributed by atoms with Crippen molar-refractivity contribution in [3.05, 3.63) is 24.3 Å². The number of nitrogens with zero attached hydrogens (tertiary/aromatic N) is 1. The van der Waals surface area contributed by atoms with Crippen LogP contribution in [0.25, 0.3) is 0 Å². The van der Waals surface area contributed by atoms with Gasteiger partial charge in [0.1, 0.15) is 0 Å². The molecule has 0 saturated heterocycles. The third kappa shape index (κ3) is 3.65. The van der Waals surface area contributed by atoms with E-state index in [9.17, 15) is 4.79 Å². The number of nitrogens with one attached hydrogen (secondary N) is 1. The molecule has 1 fully saturated rings. The van der Waals surface area contributed by atoms with Gasteiger partial charge >= 0.3 is 6.03 Å². The zero-order chi connectivity index (χ0) is 13.0. The molecule has 4 heteroatoms. The molecule has 0 bridgehead atoms. The Kier molecular flexibility index (Phi) is 4.07. The third-order valence-electron chi connectivity index (χ3n) is 3.12. The van der Waals surface area contributed by atoms with E-state index in [0.717, 1.165) is 25.2 Å². The van der Waals surface area contributed by atoms with Gasteiger partial charge in [-0.25, -0.2) is 4.79 Å². The minimum absolute atomic E-state index is 0.00600. The minimum Gasteiger partial charge on any atom is -0.399 e. The first kappa shape index (κ1) is 12.7. The molecule has 0 spiro atoms. The van der Waals surface area contributed by atoms with Gasteiger partial charge in [-0.05, 0) is 49.4 Å². The fourth-order valence-corrected chi connectivity index (χ4v) is 1.93. The van der Waals surface area contributed by atoms with Crippen molar-refractivity contribution in [3.63, 3.8) is 0 Å². The van der Waals surface area contributed by atoms with Crippen LogP contribution in [-0.2, 0) is 0 Å². The lowest BCUT2D eigenvalue weighted by atomic mass is 10.3. The van der Waals surface area contributed by atoms with E-state index in [2.05, 4.69) is 12.2 Å². The molecule has 4 nitrogen and oxygen atoms in total. The number of anilines is 2. The fraction of sp³-hybridized carbons (Fsp3) is 0.500. The van der Waals surface area contributed by atoms with Crippen LogP contribution >= 0.6 is 0 Å². The predicted octanol–water partition coefficient (Wildman–Crippen LogP) is 2.92. The lowest BCUT2D eigenvalue weighted by molar-refractivity contribution is 0.209. The Hall–Kier alpha value is -1.71. The normalized spacial score (nSPS) is 14.3. The lowest BCUT2D eigenvalue weighted by Crippen LogP contribution is -2.37. The van der Waals surface area contributed by atoms with Crippen molar-refractivity contribution in [2.45, 2.75) is 26.2 Å². The van der Waals surface area contributed by atoms with Crippen molar-refractivity contribution in [2.75, 3.05) is 24.1 Å². The fourth-order valence-electron chi connectivity index (χ4n) is 1.93. The number of hydrogen-bond acceptors (Lipinski definition) is 2. The van der Waals surface area contributed by atoms with Gasteiger partial charge in [-0.15, -0.1) is 0 Å². The van der Waals surface area contributed by atoms with E-state index < -0.39 is 0 Å². The lowest BCUT2D eigenvalue weighted by Gasteiger charge is -2.22. The zero-order valence-electron chi connectivity index (χ0n) is 10.9. The molecule has 0 radical (unpaired) electrons. The summed E-state index contributed by atoms with van der Waals surface area (Å²) < 4.78 is 0. The largest absolute Gasteiger partial charge is 0.399 e. The number of nitrogen functional groups attached to an aromatic ring is 1. The van der Waals surface area contributed by atoms with Crippen molar-refractivity contribution in [3.8, 4) is 0 Å². The summed E-state index contributed by atoms with van der Waals surface area (Å²) in [6.45, 7) is 3.79. The number of urea groups is 1. The summed E-state index contributed by atoms with van der Waals surface area (Å²) in [6, 6.07) is 7.23. The number of rotatable bonds is 5. The zero-order valence-corrected chi connectivity index (χ0v) is 10.9. The highest BCUT2D eigenvalue weighted by molar-refractivity contribution is 5.89. The molecule has 3 N–H and O–H groups in total. The summed E-state index contributed by atoms with van der Waals surface area (Å²) in [6.07, 6.45) is 3.51. The average molecular weight is 247 g/mol. The third-order valence-corrected chi connectivity index (χ3v) is 3.12. The van der Waals surface area contributed by atoms with Crippen LogP contribution in [-0.4, -0.2) is 24.0 Å². The van der Waals surface area contributed by atoms with E-state index in [4.69, 9.17) is 5.73 Å². The predicted molar refractivity (Wildman–Crippen MR) is 74.5 cm³/mol. The number of hydrogen-bond donors (Lipinski definition) is 2. The van der Waals surface area contributed by atoms with Crippen molar-refractivity contribution in [2.24, 2.45) is 5.92 Å². The molecule has 1 aliphatic rings. The number of nitrogens with two attached hydrogens (primary N) is 1. The summed E-state index contributed by atoms with van der Waals surface area (Å²) in [5.74, 6) is 0.716. The smallest absolute Gasteiger partial charge is 0.321 e. The maximum absolute atomic E-state index is 12.1. The Morgan fingerprint density at radius 2 is 2.06 bits per heavy atom. The molecule has 0 atom stereocenters. The highest BCUT2D eigenvalue weighted by Crippen LogP contribution is 2.30. The summed E-state index contributed by atoms with van der Waals surface area (Å²) in [5.41, 5.74) is 7.12. The highest BCUT2D eigenvalue weighted by atomic mass is 16.2. The topological polar surface area (TPSA) is 58.4 Å². The van der Waals surface area contributed by atoms with Crippen molar-refractivity contribution in [1.82, 2.24) is 4.90 Å². The van der Waals surface area contributed by atoms with Gasteiger partial charge in [-0.2, -0.15) is 0 Å². The quantitative estimate of drug-likeness (QED) is 0.786. The van der Waals surface area contributed by atoms with Crippen LogP contribution in [0.15, 0.2) is 24.3 Å². The second-order valence-electron chi connectivity index (χ2n) is 4.94. The van der Waals surface area contributed by atoms with Crippen LogP contribution in [0.5, 0.6) is 0 Å². The van der Waals surface area contributed by atoms with E-state index in [0.29, 0.717) is 11.6 Å². The molecule has 1 aromatic rings. The van der Waals surface area contributed by atoms with E-state index in [-0.39, 0.29) is 6.03 Å². The molecule has 18 heavy (non-hydrogen) atoms. The van der Waals surface area contributed by atoms with Gasteiger partial charge in [0.15, 0.2) is 0 Å². The summed E-state index contributed by atoms with van der Waals surface area (Å²) in [5, 5.41) is 2.92. The van der Waals surface area contributed by atoms with Crippen molar-refractivity contribution < 1.29 is 4.79 Å². The monoisotopic (exact) mass is 247 g/mol. The number of carbonyl (C=O) groups is 1. The molecule has 1 aliphatic carbocycles. The van der Waals surface area contributed by atoms with Gasteiger partial charge in [-0.1, -0.05) is 6.92 Å². The van der Waals surface area contributed by atoms with Crippen molar-refractivity contribution >= 4 is 17.4 Å². The number of benzene rings is 1. The van der Waals surface area contributed by atoms with Crippen LogP contribution in [0.2, 0.25) is 0 Å². The van der Waals surface area contributed by atoms with Gasteiger partial charge in [-0.3, -0.25) is 0 Å². The molecular formula is C14H21N3O. The van der Waals surface area contributed by atoms with Crippen LogP contribution in [0, 0.1) is 5.92 Å². The molecular weight excluding hydrogens is 226 g/mol. The maximum atomic E-state index is 12.1. The molecule has 1 aromatic carbocycles. The van der Waals surface area contributed by atoms with Gasteiger partial charge in [0.05, 0.1) is 0 Å². The first-order valence-electron chi connectivity index (χ1n) is 6.60. The Morgan fingerprint density at radius 3 is 2.61 bits per heavy atom. The number of amides is 2. The second-order valence-corrected chi connectivity index (χ2v) is 4.94. The average Bonchev–Trinajstić information content (AvgIpc) is 3.15.